The Bertz CT molecular complexity index is 617. The average molecular weight is 337 g/mol. The van der Waals surface area contributed by atoms with Gasteiger partial charge >= 0.3 is 5.69 Å². The van der Waals surface area contributed by atoms with Crippen LogP contribution in [0.1, 0.15) is 18.2 Å². The van der Waals surface area contributed by atoms with Crippen molar-refractivity contribution in [1.29, 1.82) is 0 Å². The molecule has 1 aliphatic heterocycles. The quantitative estimate of drug-likeness (QED) is 0.294. The Labute approximate surface area is 125 Å². The number of H-pyrrole nitrogens is 1. The molecular formula is C10H16N3O8P. The maximum atomic E-state index is 11.8. The standard InChI is InChI=1S/C10H16N3O8P/c1-5-3-13(10(15)12-9(5)14)8-2-6(20-22(11)17)7(19-8)4-18-21-16/h3,6-8,16-17H,2,4,11H2,1H3,(H,12,14,15)/t6-,7+,8+,22?/m0/s1. The molecule has 2 heterocycles. The maximum absolute atomic E-state index is 11.8. The lowest BCUT2D eigenvalue weighted by Gasteiger charge is -2.17. The minimum absolute atomic E-state index is 0.182. The van der Waals surface area contributed by atoms with Crippen molar-refractivity contribution in [3.63, 3.8) is 0 Å². The number of hydrogen-bond donors (Lipinski definition) is 4. The SMILES string of the molecule is Cc1cn([C@H]2C[C@H](OP(N)O)[C@@H](COOO)O2)c(=O)[nH]c1=O. The third kappa shape index (κ3) is 3.97. The second kappa shape index (κ2) is 7.40. The highest BCUT2D eigenvalue weighted by Gasteiger charge is 2.39. The van der Waals surface area contributed by atoms with E-state index in [-0.39, 0.29) is 13.0 Å². The Morgan fingerprint density at radius 3 is 2.95 bits per heavy atom. The fourth-order valence-electron chi connectivity index (χ4n) is 2.17. The van der Waals surface area contributed by atoms with Gasteiger partial charge in [0.05, 0.1) is 6.10 Å². The van der Waals surface area contributed by atoms with E-state index in [1.54, 1.807) is 6.92 Å². The smallest absolute Gasteiger partial charge is 0.330 e. The van der Waals surface area contributed by atoms with Gasteiger partial charge in [-0.1, -0.05) is 5.04 Å². The van der Waals surface area contributed by atoms with Crippen LogP contribution in [0, 0.1) is 6.92 Å². The summed E-state index contributed by atoms with van der Waals surface area (Å²) in [6, 6.07) is 0. The molecule has 0 aliphatic carbocycles. The molecule has 0 amide bonds. The molecule has 0 aromatic carbocycles. The van der Waals surface area contributed by atoms with Gasteiger partial charge in [-0.2, -0.15) is 0 Å². The fraction of sp³-hybridized carbons (Fsp3) is 0.600. The van der Waals surface area contributed by atoms with Crippen molar-refractivity contribution in [3.05, 3.63) is 32.6 Å². The van der Waals surface area contributed by atoms with Gasteiger partial charge in [-0.05, 0) is 6.92 Å². The van der Waals surface area contributed by atoms with Gasteiger partial charge < -0.3 is 14.2 Å². The molecule has 22 heavy (non-hydrogen) atoms. The van der Waals surface area contributed by atoms with Crippen molar-refractivity contribution >= 4 is 8.53 Å². The molecule has 12 heteroatoms. The Kier molecular flexibility index (Phi) is 5.78. The van der Waals surface area contributed by atoms with E-state index in [0.29, 0.717) is 5.56 Å². The highest BCUT2D eigenvalue weighted by Crippen LogP contribution is 2.36. The van der Waals surface area contributed by atoms with E-state index >= 15 is 0 Å². The zero-order valence-electron chi connectivity index (χ0n) is 11.5. The number of nitrogens with one attached hydrogen (secondary N) is 1. The van der Waals surface area contributed by atoms with Crippen LogP contribution < -0.4 is 16.8 Å². The molecule has 1 aromatic rings. The van der Waals surface area contributed by atoms with E-state index in [0.717, 1.165) is 0 Å². The second-order valence-electron chi connectivity index (χ2n) is 4.65. The summed E-state index contributed by atoms with van der Waals surface area (Å²) in [6.45, 7) is 1.34. The summed E-state index contributed by atoms with van der Waals surface area (Å²) in [6.07, 6.45) is -0.631. The lowest BCUT2D eigenvalue weighted by atomic mass is 10.2. The lowest BCUT2D eigenvalue weighted by Crippen LogP contribution is -2.33. The van der Waals surface area contributed by atoms with Gasteiger partial charge in [0.2, 0.25) is 8.53 Å². The average Bonchev–Trinajstić information content (AvgIpc) is 2.82. The van der Waals surface area contributed by atoms with Crippen molar-refractivity contribution in [2.75, 3.05) is 6.61 Å². The van der Waals surface area contributed by atoms with Gasteiger partial charge in [-0.25, -0.2) is 14.9 Å². The van der Waals surface area contributed by atoms with Crippen LogP contribution in [-0.2, 0) is 19.2 Å². The number of nitrogens with zero attached hydrogens (tertiary/aromatic N) is 1. The zero-order chi connectivity index (χ0) is 16.3. The van der Waals surface area contributed by atoms with Crippen LogP contribution in [0.5, 0.6) is 0 Å². The number of aryl methyl sites for hydroxylation is 1. The summed E-state index contributed by atoms with van der Waals surface area (Å²) in [5, 5.41) is 11.7. The number of nitrogens with two attached hydrogens (primary N) is 1. The van der Waals surface area contributed by atoms with Crippen molar-refractivity contribution < 1.29 is 29.3 Å². The molecule has 1 aromatic heterocycles. The molecule has 1 saturated heterocycles. The van der Waals surface area contributed by atoms with E-state index in [1.807, 2.05) is 0 Å². The third-order valence-corrected chi connectivity index (χ3v) is 3.65. The van der Waals surface area contributed by atoms with Crippen LogP contribution in [-0.4, -0.2) is 38.5 Å². The number of aromatic amines is 1. The van der Waals surface area contributed by atoms with Crippen LogP contribution in [0.2, 0.25) is 0 Å². The molecule has 2 rings (SSSR count). The van der Waals surface area contributed by atoms with Gasteiger partial charge in [0.15, 0.2) is 0 Å². The number of hydrogen-bond acceptors (Lipinski definition) is 9. The number of ether oxygens (including phenoxy) is 1. The van der Waals surface area contributed by atoms with Crippen molar-refractivity contribution in [2.45, 2.75) is 31.8 Å². The summed E-state index contributed by atoms with van der Waals surface area (Å²) in [5.74, 6) is 0. The first-order valence-corrected chi connectivity index (χ1v) is 7.51. The Morgan fingerprint density at radius 1 is 1.59 bits per heavy atom. The normalized spacial score (nSPS) is 26.3. The highest BCUT2D eigenvalue weighted by atomic mass is 31.2. The highest BCUT2D eigenvalue weighted by molar-refractivity contribution is 7.43. The predicted octanol–water partition coefficient (Wildman–Crippen LogP) is -0.883. The molecule has 1 fully saturated rings. The Hall–Kier alpha value is -1.17. The van der Waals surface area contributed by atoms with Crippen molar-refractivity contribution in [2.24, 2.45) is 5.50 Å². The number of rotatable bonds is 6. The van der Waals surface area contributed by atoms with Gasteiger partial charge in [-0.15, -0.1) is 0 Å². The summed E-state index contributed by atoms with van der Waals surface area (Å²) >= 11 is 0. The minimum Gasteiger partial charge on any atom is -0.349 e. The van der Waals surface area contributed by atoms with Gasteiger partial charge in [0.1, 0.15) is 18.9 Å². The molecule has 1 unspecified atom stereocenters. The molecule has 1 aliphatic rings. The zero-order valence-corrected chi connectivity index (χ0v) is 12.4. The first-order chi connectivity index (χ1) is 10.4. The minimum atomic E-state index is -2.14. The largest absolute Gasteiger partial charge is 0.349 e. The summed E-state index contributed by atoms with van der Waals surface area (Å²) in [4.78, 5) is 38.9. The molecule has 11 nitrogen and oxygen atoms in total. The molecular weight excluding hydrogens is 321 g/mol. The summed E-state index contributed by atoms with van der Waals surface area (Å²) < 4.78 is 11.9. The van der Waals surface area contributed by atoms with Crippen molar-refractivity contribution in [3.8, 4) is 0 Å². The van der Waals surface area contributed by atoms with Gasteiger partial charge in [0.25, 0.3) is 5.56 Å². The van der Waals surface area contributed by atoms with E-state index in [9.17, 15) is 14.5 Å². The van der Waals surface area contributed by atoms with Crippen LogP contribution in [0.4, 0.5) is 0 Å². The summed E-state index contributed by atoms with van der Waals surface area (Å²) in [7, 11) is -2.14. The van der Waals surface area contributed by atoms with Crippen LogP contribution in [0.15, 0.2) is 15.8 Å². The summed E-state index contributed by atoms with van der Waals surface area (Å²) in [5.41, 5.74) is 4.44. The van der Waals surface area contributed by atoms with Crippen LogP contribution in [0.3, 0.4) is 0 Å². The van der Waals surface area contributed by atoms with E-state index in [2.05, 4.69) is 14.9 Å². The number of aromatic nitrogens is 2. The molecule has 0 saturated carbocycles. The van der Waals surface area contributed by atoms with Gasteiger partial charge in [-0.3, -0.25) is 19.8 Å². The predicted molar refractivity (Wildman–Crippen MR) is 72.5 cm³/mol. The molecule has 0 spiro atoms. The first-order valence-electron chi connectivity index (χ1n) is 6.23. The first kappa shape index (κ1) is 17.2. The van der Waals surface area contributed by atoms with Crippen molar-refractivity contribution in [1.82, 2.24) is 9.55 Å². The lowest BCUT2D eigenvalue weighted by molar-refractivity contribution is -0.495. The van der Waals surface area contributed by atoms with E-state index < -0.39 is 38.2 Å². The van der Waals surface area contributed by atoms with Crippen LogP contribution in [0.25, 0.3) is 0 Å². The molecule has 0 bridgehead atoms. The van der Waals surface area contributed by atoms with Crippen LogP contribution >= 0.6 is 8.53 Å². The second-order valence-corrected chi connectivity index (χ2v) is 5.46. The Balaban J connectivity index is 2.21. The molecule has 5 N–H and O–H groups in total. The molecule has 4 atom stereocenters. The van der Waals surface area contributed by atoms with E-state index in [4.69, 9.17) is 20.0 Å². The van der Waals surface area contributed by atoms with Gasteiger partial charge in [0, 0.05) is 18.2 Å². The monoisotopic (exact) mass is 337 g/mol. The third-order valence-electron chi connectivity index (χ3n) is 3.17. The molecule has 0 radical (unpaired) electrons. The van der Waals surface area contributed by atoms with E-state index in [1.165, 1.54) is 10.8 Å². The maximum Gasteiger partial charge on any atom is 0.330 e. The molecule has 124 valence electrons. The Morgan fingerprint density at radius 2 is 2.32 bits per heavy atom. The fourth-order valence-corrected chi connectivity index (χ4v) is 2.67. The topological polar surface area (TPSA) is 158 Å².